The number of nitrogens with zero attached hydrogens (tertiary/aromatic N) is 1. The maximum Gasteiger partial charge on any atom is 0.237 e. The number of hydrogen-bond acceptors (Lipinski definition) is 3. The average molecular weight is 257 g/mol. The zero-order chi connectivity index (χ0) is 12.8. The second kappa shape index (κ2) is 6.91. The van der Waals surface area contributed by atoms with Crippen molar-refractivity contribution in [2.45, 2.75) is 39.2 Å². The van der Waals surface area contributed by atoms with Crippen LogP contribution in [-0.2, 0) is 4.79 Å². The van der Waals surface area contributed by atoms with Crippen LogP contribution in [0.15, 0.2) is 0 Å². The van der Waals surface area contributed by atoms with Crippen molar-refractivity contribution in [2.75, 3.05) is 19.6 Å². The highest BCUT2D eigenvalue weighted by atomic mass is 32.1. The Balaban J connectivity index is 2.64. The van der Waals surface area contributed by atoms with E-state index in [0.717, 1.165) is 38.9 Å². The number of amides is 1. The lowest BCUT2D eigenvalue weighted by Crippen LogP contribution is -2.48. The molecular formula is C12H23N3OS. The predicted molar refractivity (Wildman–Crippen MR) is 73.8 cm³/mol. The van der Waals surface area contributed by atoms with E-state index in [4.69, 9.17) is 18.0 Å². The van der Waals surface area contributed by atoms with Crippen LogP contribution >= 0.6 is 12.2 Å². The first-order chi connectivity index (χ1) is 8.06. The third-order valence-electron chi connectivity index (χ3n) is 3.35. The Morgan fingerprint density at radius 1 is 1.65 bits per heavy atom. The first-order valence-corrected chi connectivity index (χ1v) is 6.78. The molecule has 1 rings (SSSR count). The van der Waals surface area contributed by atoms with E-state index in [1.54, 1.807) is 0 Å². The number of likely N-dealkylation sites (N-methyl/N-ethyl adjacent to an activating group) is 1. The summed E-state index contributed by atoms with van der Waals surface area (Å²) in [7, 11) is 0. The molecule has 0 aliphatic carbocycles. The second-order valence-electron chi connectivity index (χ2n) is 4.69. The topological polar surface area (TPSA) is 58.4 Å². The molecule has 0 aromatic heterocycles. The van der Waals surface area contributed by atoms with Gasteiger partial charge in [0.05, 0.1) is 11.0 Å². The highest BCUT2D eigenvalue weighted by Crippen LogP contribution is 2.14. The number of carbonyl (C=O) groups is 1. The minimum atomic E-state index is -0.0145. The first-order valence-electron chi connectivity index (χ1n) is 6.37. The smallest absolute Gasteiger partial charge is 0.237 e. The minimum absolute atomic E-state index is 0.0145. The van der Waals surface area contributed by atoms with Gasteiger partial charge < -0.3 is 11.1 Å². The second-order valence-corrected chi connectivity index (χ2v) is 5.16. The number of carbonyl (C=O) groups excluding carboxylic acids is 1. The van der Waals surface area contributed by atoms with Gasteiger partial charge in [0.25, 0.3) is 0 Å². The molecule has 5 heteroatoms. The standard InChI is InChI=1S/C12H23N3OS/c1-3-15(8-9(2)11(13)17)10-6-4-5-7-14-12(10)16/h9-10H,3-8H2,1-2H3,(H2,13,17)(H,14,16). The number of nitrogens with two attached hydrogens (primary N) is 1. The molecule has 1 fully saturated rings. The number of thiocarbonyl (C=S) groups is 1. The van der Waals surface area contributed by atoms with Crippen molar-refractivity contribution in [2.24, 2.45) is 11.7 Å². The van der Waals surface area contributed by atoms with Crippen molar-refractivity contribution in [3.05, 3.63) is 0 Å². The van der Waals surface area contributed by atoms with Crippen LogP contribution in [0.5, 0.6) is 0 Å². The van der Waals surface area contributed by atoms with Crippen molar-refractivity contribution in [1.82, 2.24) is 10.2 Å². The summed E-state index contributed by atoms with van der Waals surface area (Å²) >= 11 is 4.99. The normalized spacial score (nSPS) is 23.0. The van der Waals surface area contributed by atoms with Gasteiger partial charge in [0.1, 0.15) is 0 Å². The molecule has 0 aromatic rings. The van der Waals surface area contributed by atoms with Crippen LogP contribution in [0.3, 0.4) is 0 Å². The molecule has 0 radical (unpaired) electrons. The molecule has 1 aliphatic heterocycles. The summed E-state index contributed by atoms with van der Waals surface area (Å²) < 4.78 is 0. The van der Waals surface area contributed by atoms with Gasteiger partial charge in [0.15, 0.2) is 0 Å². The molecule has 2 unspecified atom stereocenters. The lowest BCUT2D eigenvalue weighted by Gasteiger charge is -2.30. The van der Waals surface area contributed by atoms with Crippen LogP contribution in [0.4, 0.5) is 0 Å². The van der Waals surface area contributed by atoms with Gasteiger partial charge in [-0.15, -0.1) is 0 Å². The summed E-state index contributed by atoms with van der Waals surface area (Å²) in [4.78, 5) is 14.7. The van der Waals surface area contributed by atoms with Crippen LogP contribution in [0.25, 0.3) is 0 Å². The highest BCUT2D eigenvalue weighted by Gasteiger charge is 2.27. The van der Waals surface area contributed by atoms with Crippen LogP contribution in [-0.4, -0.2) is 41.5 Å². The Morgan fingerprint density at radius 3 is 2.94 bits per heavy atom. The molecule has 4 nitrogen and oxygen atoms in total. The fourth-order valence-corrected chi connectivity index (χ4v) is 2.26. The average Bonchev–Trinajstić information content (AvgIpc) is 2.50. The molecule has 0 bridgehead atoms. The predicted octanol–water partition coefficient (Wildman–Crippen LogP) is 0.899. The highest BCUT2D eigenvalue weighted by molar-refractivity contribution is 7.80. The summed E-state index contributed by atoms with van der Waals surface area (Å²) in [5.41, 5.74) is 5.64. The molecule has 1 heterocycles. The molecule has 0 aromatic carbocycles. The summed E-state index contributed by atoms with van der Waals surface area (Å²) in [5, 5.41) is 2.97. The van der Waals surface area contributed by atoms with Gasteiger partial charge in [-0.25, -0.2) is 0 Å². The zero-order valence-electron chi connectivity index (χ0n) is 10.7. The summed E-state index contributed by atoms with van der Waals surface area (Å²) in [6.07, 6.45) is 3.11. The van der Waals surface area contributed by atoms with E-state index < -0.39 is 0 Å². The molecule has 1 amide bonds. The van der Waals surface area contributed by atoms with Gasteiger partial charge in [0.2, 0.25) is 5.91 Å². The zero-order valence-corrected chi connectivity index (χ0v) is 11.6. The van der Waals surface area contributed by atoms with E-state index >= 15 is 0 Å². The Labute approximate surface area is 109 Å². The van der Waals surface area contributed by atoms with E-state index in [1.807, 2.05) is 6.92 Å². The SMILES string of the molecule is CCN(CC(C)C(N)=S)C1CCCCNC1=O. The van der Waals surface area contributed by atoms with Crippen LogP contribution < -0.4 is 11.1 Å². The Morgan fingerprint density at radius 2 is 2.35 bits per heavy atom. The maximum absolute atomic E-state index is 11.9. The molecule has 2 atom stereocenters. The van der Waals surface area contributed by atoms with Gasteiger partial charge in [-0.05, 0) is 25.8 Å². The third kappa shape index (κ3) is 4.24. The van der Waals surface area contributed by atoms with Crippen LogP contribution in [0.2, 0.25) is 0 Å². The first kappa shape index (κ1) is 14.4. The van der Waals surface area contributed by atoms with E-state index in [2.05, 4.69) is 17.1 Å². The molecule has 17 heavy (non-hydrogen) atoms. The fraction of sp³-hybridized carbons (Fsp3) is 0.833. The summed E-state index contributed by atoms with van der Waals surface area (Å²) in [6, 6.07) is -0.0145. The Bertz CT molecular complexity index is 283. The van der Waals surface area contributed by atoms with Gasteiger partial charge in [0, 0.05) is 19.0 Å². The molecule has 0 spiro atoms. The van der Waals surface area contributed by atoms with Crippen LogP contribution in [0.1, 0.15) is 33.1 Å². The van der Waals surface area contributed by atoms with E-state index in [0.29, 0.717) is 4.99 Å². The Kier molecular flexibility index (Phi) is 5.85. The monoisotopic (exact) mass is 257 g/mol. The van der Waals surface area contributed by atoms with Crippen molar-refractivity contribution >= 4 is 23.1 Å². The number of hydrogen-bond donors (Lipinski definition) is 2. The quantitative estimate of drug-likeness (QED) is 0.719. The third-order valence-corrected chi connectivity index (χ3v) is 3.75. The van der Waals surface area contributed by atoms with Crippen molar-refractivity contribution in [1.29, 1.82) is 0 Å². The molecule has 1 aliphatic rings. The molecule has 0 saturated carbocycles. The van der Waals surface area contributed by atoms with Gasteiger partial charge in [-0.1, -0.05) is 26.1 Å². The molecule has 98 valence electrons. The molecular weight excluding hydrogens is 234 g/mol. The lowest BCUT2D eigenvalue weighted by molar-refractivity contribution is -0.126. The van der Waals surface area contributed by atoms with Crippen LogP contribution in [0, 0.1) is 5.92 Å². The van der Waals surface area contributed by atoms with Gasteiger partial charge in [-0.3, -0.25) is 9.69 Å². The number of rotatable bonds is 5. The van der Waals surface area contributed by atoms with Crippen molar-refractivity contribution in [3.63, 3.8) is 0 Å². The van der Waals surface area contributed by atoms with E-state index in [-0.39, 0.29) is 17.9 Å². The van der Waals surface area contributed by atoms with E-state index in [1.165, 1.54) is 0 Å². The van der Waals surface area contributed by atoms with Crippen molar-refractivity contribution < 1.29 is 4.79 Å². The summed E-state index contributed by atoms with van der Waals surface area (Å²) in [5.74, 6) is 0.306. The molecule has 1 saturated heterocycles. The Hall–Kier alpha value is -0.680. The largest absolute Gasteiger partial charge is 0.393 e. The fourth-order valence-electron chi connectivity index (χ4n) is 2.19. The summed E-state index contributed by atoms with van der Waals surface area (Å²) in [6.45, 7) is 6.51. The number of nitrogens with one attached hydrogen (secondary N) is 1. The van der Waals surface area contributed by atoms with E-state index in [9.17, 15) is 4.79 Å². The van der Waals surface area contributed by atoms with Gasteiger partial charge >= 0.3 is 0 Å². The lowest BCUT2D eigenvalue weighted by atomic mass is 10.1. The van der Waals surface area contributed by atoms with Gasteiger partial charge in [-0.2, -0.15) is 0 Å². The minimum Gasteiger partial charge on any atom is -0.393 e. The maximum atomic E-state index is 11.9. The van der Waals surface area contributed by atoms with Crippen molar-refractivity contribution in [3.8, 4) is 0 Å². The molecule has 3 N–H and O–H groups in total.